The van der Waals surface area contributed by atoms with Gasteiger partial charge in [0, 0.05) is 19.0 Å². The maximum absolute atomic E-state index is 11.8. The van der Waals surface area contributed by atoms with Crippen molar-refractivity contribution in [1.82, 2.24) is 4.90 Å². The normalized spacial score (nSPS) is 22.8. The second-order valence-electron chi connectivity index (χ2n) is 5.44. The van der Waals surface area contributed by atoms with Crippen LogP contribution in [0.5, 0.6) is 0 Å². The minimum Gasteiger partial charge on any atom is -0.444 e. The fourth-order valence-electron chi connectivity index (χ4n) is 1.90. The monoisotopic (exact) mass is 239 g/mol. The first-order valence-corrected chi connectivity index (χ1v) is 5.95. The number of ether oxygens (including phenoxy) is 1. The Morgan fingerprint density at radius 2 is 2.24 bits per heavy atom. The van der Waals surface area contributed by atoms with Crippen molar-refractivity contribution in [3.63, 3.8) is 0 Å². The van der Waals surface area contributed by atoms with Crippen LogP contribution >= 0.6 is 0 Å². The summed E-state index contributed by atoms with van der Waals surface area (Å²) in [5.41, 5.74) is -0.491. The lowest BCUT2D eigenvalue weighted by Gasteiger charge is -2.34. The molecule has 1 aliphatic rings. The molecule has 1 N–H and O–H groups in total. The van der Waals surface area contributed by atoms with Crippen LogP contribution in [0.25, 0.3) is 0 Å². The van der Waals surface area contributed by atoms with Crippen LogP contribution in [0.4, 0.5) is 4.79 Å². The Morgan fingerprint density at radius 3 is 2.76 bits per heavy atom. The topological polar surface area (TPSA) is 49.8 Å². The smallest absolute Gasteiger partial charge is 0.410 e. The van der Waals surface area contributed by atoms with Crippen molar-refractivity contribution in [1.29, 1.82) is 0 Å². The summed E-state index contributed by atoms with van der Waals surface area (Å²) < 4.78 is 5.29. The molecule has 1 fully saturated rings. The number of aliphatic hydroxyl groups excluding tert-OH is 1. The van der Waals surface area contributed by atoms with E-state index in [0.717, 1.165) is 12.8 Å². The number of hydrogen-bond acceptors (Lipinski definition) is 3. The maximum Gasteiger partial charge on any atom is 0.410 e. The molecular formula is C13H21NO3. The fraction of sp³-hybridized carbons (Fsp3) is 0.769. The molecule has 0 aromatic heterocycles. The quantitative estimate of drug-likeness (QED) is 0.707. The molecule has 0 aromatic carbocycles. The van der Waals surface area contributed by atoms with Crippen molar-refractivity contribution in [2.24, 2.45) is 5.92 Å². The summed E-state index contributed by atoms with van der Waals surface area (Å²) in [6.45, 7) is 6.65. The third kappa shape index (κ3) is 4.27. The lowest BCUT2D eigenvalue weighted by atomic mass is 9.93. The molecule has 2 atom stereocenters. The van der Waals surface area contributed by atoms with Gasteiger partial charge < -0.3 is 14.7 Å². The van der Waals surface area contributed by atoms with Gasteiger partial charge in [-0.3, -0.25) is 0 Å². The first-order chi connectivity index (χ1) is 7.83. The van der Waals surface area contributed by atoms with Crippen LogP contribution in [0.1, 0.15) is 33.6 Å². The number of aliphatic hydroxyl groups is 1. The van der Waals surface area contributed by atoms with E-state index in [0.29, 0.717) is 13.1 Å². The van der Waals surface area contributed by atoms with E-state index >= 15 is 0 Å². The number of piperidine rings is 1. The van der Waals surface area contributed by atoms with Gasteiger partial charge >= 0.3 is 6.09 Å². The highest BCUT2D eigenvalue weighted by Crippen LogP contribution is 2.21. The summed E-state index contributed by atoms with van der Waals surface area (Å²) in [7, 11) is 0. The summed E-state index contributed by atoms with van der Waals surface area (Å²) in [6.07, 6.45) is 5.79. The standard InChI is InChI=1S/C13H21NO3/c1-5-11(15)10-7-6-8-14(9-10)12(16)17-13(2,3)4/h1,10-11,15H,6-9H2,2-4H3. The van der Waals surface area contributed by atoms with Gasteiger partial charge in [-0.15, -0.1) is 6.42 Å². The van der Waals surface area contributed by atoms with Crippen molar-refractivity contribution in [3.05, 3.63) is 0 Å². The Bertz CT molecular complexity index is 314. The first-order valence-electron chi connectivity index (χ1n) is 5.95. The molecule has 0 saturated carbocycles. The van der Waals surface area contributed by atoms with E-state index in [1.54, 1.807) is 4.90 Å². The Labute approximate surface area is 103 Å². The SMILES string of the molecule is C#CC(O)C1CCCN(C(=O)OC(C)(C)C)C1. The van der Waals surface area contributed by atoms with Gasteiger partial charge in [-0.25, -0.2) is 4.79 Å². The Morgan fingerprint density at radius 1 is 1.59 bits per heavy atom. The Balaban J connectivity index is 2.55. The molecule has 0 spiro atoms. The molecule has 0 radical (unpaired) electrons. The van der Waals surface area contributed by atoms with Crippen molar-refractivity contribution >= 4 is 6.09 Å². The van der Waals surface area contributed by atoms with Gasteiger partial charge in [-0.05, 0) is 33.6 Å². The molecule has 0 aromatic rings. The minimum atomic E-state index is -0.778. The van der Waals surface area contributed by atoms with Gasteiger partial charge in [0.2, 0.25) is 0 Å². The molecular weight excluding hydrogens is 218 g/mol. The Hall–Kier alpha value is -1.21. The van der Waals surface area contributed by atoms with E-state index in [-0.39, 0.29) is 12.0 Å². The van der Waals surface area contributed by atoms with Crippen LogP contribution in [-0.2, 0) is 4.74 Å². The number of amides is 1. The van der Waals surface area contributed by atoms with Gasteiger partial charge in [0.1, 0.15) is 11.7 Å². The average molecular weight is 239 g/mol. The highest BCUT2D eigenvalue weighted by molar-refractivity contribution is 5.68. The number of terminal acetylenes is 1. The fourth-order valence-corrected chi connectivity index (χ4v) is 1.90. The number of nitrogens with zero attached hydrogens (tertiary/aromatic N) is 1. The van der Waals surface area contributed by atoms with Crippen molar-refractivity contribution in [2.45, 2.75) is 45.3 Å². The van der Waals surface area contributed by atoms with E-state index in [2.05, 4.69) is 5.92 Å². The van der Waals surface area contributed by atoms with Gasteiger partial charge in [0.05, 0.1) is 0 Å². The van der Waals surface area contributed by atoms with Crippen molar-refractivity contribution in [2.75, 3.05) is 13.1 Å². The molecule has 4 heteroatoms. The summed E-state index contributed by atoms with van der Waals surface area (Å²) in [5, 5.41) is 9.60. The molecule has 96 valence electrons. The Kier molecular flexibility index (Phi) is 4.41. The lowest BCUT2D eigenvalue weighted by molar-refractivity contribution is 0.00909. The van der Waals surface area contributed by atoms with Crippen LogP contribution in [0, 0.1) is 18.3 Å². The molecule has 0 aliphatic carbocycles. The molecule has 17 heavy (non-hydrogen) atoms. The first kappa shape index (κ1) is 13.9. The molecule has 1 aliphatic heterocycles. The molecule has 1 rings (SSSR count). The zero-order valence-corrected chi connectivity index (χ0v) is 10.8. The van der Waals surface area contributed by atoms with Crippen LogP contribution in [0.3, 0.4) is 0 Å². The predicted octanol–water partition coefficient (Wildman–Crippen LogP) is 1.63. The highest BCUT2D eigenvalue weighted by atomic mass is 16.6. The van der Waals surface area contributed by atoms with Crippen molar-refractivity contribution < 1.29 is 14.6 Å². The second-order valence-corrected chi connectivity index (χ2v) is 5.44. The summed E-state index contributed by atoms with van der Waals surface area (Å²) in [4.78, 5) is 13.5. The maximum atomic E-state index is 11.8. The molecule has 4 nitrogen and oxygen atoms in total. The van der Waals surface area contributed by atoms with Gasteiger partial charge in [0.25, 0.3) is 0 Å². The van der Waals surface area contributed by atoms with Gasteiger partial charge in [-0.1, -0.05) is 5.92 Å². The second kappa shape index (κ2) is 5.42. The molecule has 0 bridgehead atoms. The van der Waals surface area contributed by atoms with E-state index in [1.165, 1.54) is 0 Å². The summed E-state index contributed by atoms with van der Waals surface area (Å²) in [6, 6.07) is 0. The van der Waals surface area contributed by atoms with Crippen LogP contribution in [-0.4, -0.2) is 40.9 Å². The molecule has 1 amide bonds. The zero-order valence-electron chi connectivity index (χ0n) is 10.8. The largest absolute Gasteiger partial charge is 0.444 e. The molecule has 2 unspecified atom stereocenters. The number of hydrogen-bond donors (Lipinski definition) is 1. The van der Waals surface area contributed by atoms with Gasteiger partial charge in [0.15, 0.2) is 0 Å². The number of carbonyl (C=O) groups is 1. The predicted molar refractivity (Wildman–Crippen MR) is 65.4 cm³/mol. The zero-order chi connectivity index (χ0) is 13.1. The number of likely N-dealkylation sites (tertiary alicyclic amines) is 1. The van der Waals surface area contributed by atoms with Crippen LogP contribution in [0.2, 0.25) is 0 Å². The third-order valence-corrected chi connectivity index (χ3v) is 2.73. The highest BCUT2D eigenvalue weighted by Gasteiger charge is 2.30. The van der Waals surface area contributed by atoms with E-state index in [4.69, 9.17) is 11.2 Å². The van der Waals surface area contributed by atoms with E-state index < -0.39 is 11.7 Å². The third-order valence-electron chi connectivity index (χ3n) is 2.73. The number of carbonyl (C=O) groups excluding carboxylic acids is 1. The summed E-state index contributed by atoms with van der Waals surface area (Å²) in [5.74, 6) is 2.28. The van der Waals surface area contributed by atoms with Gasteiger partial charge in [-0.2, -0.15) is 0 Å². The minimum absolute atomic E-state index is 0.0405. The van der Waals surface area contributed by atoms with Crippen molar-refractivity contribution in [3.8, 4) is 12.3 Å². The lowest BCUT2D eigenvalue weighted by Crippen LogP contribution is -2.45. The number of rotatable bonds is 1. The van der Waals surface area contributed by atoms with Crippen LogP contribution < -0.4 is 0 Å². The van der Waals surface area contributed by atoms with E-state index in [1.807, 2.05) is 20.8 Å². The van der Waals surface area contributed by atoms with E-state index in [9.17, 15) is 9.90 Å². The van der Waals surface area contributed by atoms with Crippen LogP contribution in [0.15, 0.2) is 0 Å². The summed E-state index contributed by atoms with van der Waals surface area (Å²) >= 11 is 0. The average Bonchev–Trinajstić information content (AvgIpc) is 2.26. The molecule has 1 heterocycles. The molecule has 1 saturated heterocycles.